The van der Waals surface area contributed by atoms with Crippen molar-refractivity contribution in [1.29, 1.82) is 0 Å². The summed E-state index contributed by atoms with van der Waals surface area (Å²) in [5, 5.41) is 11.1. The molecule has 0 saturated heterocycles. The average molecular weight is 360 g/mol. The Hall–Kier alpha value is -2.25. The number of rotatable bonds is 6. The molecule has 1 aliphatic rings. The topological polar surface area (TPSA) is 89.3 Å². The Balaban J connectivity index is 2.00. The van der Waals surface area contributed by atoms with E-state index in [0.29, 0.717) is 11.1 Å². The van der Waals surface area contributed by atoms with Crippen molar-refractivity contribution in [2.24, 2.45) is 5.92 Å². The first-order valence-electron chi connectivity index (χ1n) is 8.12. The molecule has 0 spiro atoms. The molecule has 3 rings (SSSR count). The molecule has 0 radical (unpaired) electrons. The standard InChI is InChI=1S/C18H20N2O4S/c1-12-10-16(20(21)22)11-17(13(12)2)25(23,24)19-18(15-8-9-15)14-6-4-3-5-7-14/h3-7,10-11,15,18-19H,8-9H2,1-2H3/t18-/m1/s1. The van der Waals surface area contributed by atoms with Crippen molar-refractivity contribution in [2.75, 3.05) is 0 Å². The van der Waals surface area contributed by atoms with Crippen molar-refractivity contribution in [3.05, 3.63) is 69.3 Å². The van der Waals surface area contributed by atoms with Crippen LogP contribution >= 0.6 is 0 Å². The van der Waals surface area contributed by atoms with Crippen molar-refractivity contribution in [2.45, 2.75) is 37.6 Å². The predicted octanol–water partition coefficient (Wildman–Crippen LogP) is 3.64. The number of nitro groups is 1. The zero-order valence-corrected chi connectivity index (χ0v) is 14.9. The lowest BCUT2D eigenvalue weighted by Crippen LogP contribution is -2.30. The minimum absolute atomic E-state index is 0.0271. The fourth-order valence-electron chi connectivity index (χ4n) is 2.95. The molecule has 25 heavy (non-hydrogen) atoms. The van der Waals surface area contributed by atoms with Gasteiger partial charge in [-0.2, -0.15) is 0 Å². The molecule has 1 atom stereocenters. The van der Waals surface area contributed by atoms with Gasteiger partial charge in [0.25, 0.3) is 5.69 Å². The van der Waals surface area contributed by atoms with Crippen LogP contribution in [-0.4, -0.2) is 13.3 Å². The molecule has 0 amide bonds. The second-order valence-corrected chi connectivity index (χ2v) is 8.17. The van der Waals surface area contributed by atoms with Crippen LogP contribution in [-0.2, 0) is 10.0 Å². The van der Waals surface area contributed by atoms with Gasteiger partial charge in [0.1, 0.15) is 0 Å². The van der Waals surface area contributed by atoms with Gasteiger partial charge < -0.3 is 0 Å². The lowest BCUT2D eigenvalue weighted by atomic mass is 10.0. The van der Waals surface area contributed by atoms with Gasteiger partial charge in [0.2, 0.25) is 10.0 Å². The molecule has 1 N–H and O–H groups in total. The van der Waals surface area contributed by atoms with Crippen LogP contribution in [0.2, 0.25) is 0 Å². The normalized spacial score (nSPS) is 15.8. The first kappa shape index (κ1) is 17.6. The maximum absolute atomic E-state index is 13.0. The Morgan fingerprint density at radius 3 is 2.36 bits per heavy atom. The van der Waals surface area contributed by atoms with E-state index in [2.05, 4.69) is 4.72 Å². The Labute approximate surface area is 147 Å². The Morgan fingerprint density at radius 1 is 1.16 bits per heavy atom. The Kier molecular flexibility index (Phi) is 4.62. The van der Waals surface area contributed by atoms with E-state index in [4.69, 9.17) is 0 Å². The van der Waals surface area contributed by atoms with E-state index in [-0.39, 0.29) is 22.5 Å². The highest BCUT2D eigenvalue weighted by Crippen LogP contribution is 2.42. The van der Waals surface area contributed by atoms with Gasteiger partial charge in [-0.05, 0) is 49.3 Å². The van der Waals surface area contributed by atoms with E-state index in [1.54, 1.807) is 13.8 Å². The van der Waals surface area contributed by atoms with Gasteiger partial charge in [-0.3, -0.25) is 10.1 Å². The fourth-order valence-corrected chi connectivity index (χ4v) is 4.58. The van der Waals surface area contributed by atoms with Crippen molar-refractivity contribution in [1.82, 2.24) is 4.72 Å². The third-order valence-corrected chi connectivity index (χ3v) is 6.21. The molecule has 132 valence electrons. The summed E-state index contributed by atoms with van der Waals surface area (Å²) in [6.07, 6.45) is 1.93. The number of hydrogen-bond acceptors (Lipinski definition) is 4. The number of sulfonamides is 1. The molecule has 1 fully saturated rings. The van der Waals surface area contributed by atoms with E-state index in [9.17, 15) is 18.5 Å². The summed E-state index contributed by atoms with van der Waals surface area (Å²) >= 11 is 0. The lowest BCUT2D eigenvalue weighted by molar-refractivity contribution is -0.385. The lowest BCUT2D eigenvalue weighted by Gasteiger charge is -2.20. The molecule has 0 bridgehead atoms. The molecule has 0 aliphatic heterocycles. The number of aryl methyl sites for hydroxylation is 1. The maximum Gasteiger partial charge on any atom is 0.271 e. The van der Waals surface area contributed by atoms with Crippen LogP contribution in [0.25, 0.3) is 0 Å². The van der Waals surface area contributed by atoms with E-state index in [1.807, 2.05) is 30.3 Å². The molecule has 2 aromatic rings. The van der Waals surface area contributed by atoms with Gasteiger partial charge in [0, 0.05) is 18.2 Å². The molecular weight excluding hydrogens is 340 g/mol. The highest BCUT2D eigenvalue weighted by Gasteiger charge is 2.36. The molecule has 1 saturated carbocycles. The number of benzene rings is 2. The van der Waals surface area contributed by atoms with Crippen molar-refractivity contribution in [3.63, 3.8) is 0 Å². The minimum atomic E-state index is -3.88. The number of hydrogen-bond donors (Lipinski definition) is 1. The van der Waals surface area contributed by atoms with Crippen LogP contribution in [0, 0.1) is 29.9 Å². The Morgan fingerprint density at radius 2 is 1.80 bits per heavy atom. The molecular formula is C18H20N2O4S. The highest BCUT2D eigenvalue weighted by atomic mass is 32.2. The molecule has 6 nitrogen and oxygen atoms in total. The molecule has 0 aromatic heterocycles. The molecule has 0 unspecified atom stereocenters. The van der Waals surface area contributed by atoms with Crippen LogP contribution in [0.15, 0.2) is 47.4 Å². The smallest absolute Gasteiger partial charge is 0.258 e. The Bertz CT molecular complexity index is 906. The van der Waals surface area contributed by atoms with E-state index in [0.717, 1.165) is 24.5 Å². The first-order valence-corrected chi connectivity index (χ1v) is 9.61. The zero-order chi connectivity index (χ0) is 18.2. The molecule has 2 aromatic carbocycles. The van der Waals surface area contributed by atoms with Crippen LogP contribution in [0.1, 0.15) is 35.6 Å². The molecule has 0 heterocycles. The third-order valence-electron chi connectivity index (χ3n) is 4.64. The average Bonchev–Trinajstić information content (AvgIpc) is 3.40. The van der Waals surface area contributed by atoms with Crippen molar-refractivity contribution >= 4 is 15.7 Å². The highest BCUT2D eigenvalue weighted by molar-refractivity contribution is 7.89. The van der Waals surface area contributed by atoms with Crippen molar-refractivity contribution < 1.29 is 13.3 Å². The monoisotopic (exact) mass is 360 g/mol. The summed E-state index contributed by atoms with van der Waals surface area (Å²) in [5.41, 5.74) is 1.80. The SMILES string of the molecule is Cc1cc([N+](=O)[O-])cc(S(=O)(=O)N[C@H](c2ccccc2)C2CC2)c1C. The number of nitro benzene ring substituents is 1. The van der Waals surface area contributed by atoms with Crippen LogP contribution in [0.3, 0.4) is 0 Å². The fraction of sp³-hybridized carbons (Fsp3) is 0.333. The number of non-ortho nitro benzene ring substituents is 1. The van der Waals surface area contributed by atoms with Gasteiger partial charge in [-0.15, -0.1) is 0 Å². The largest absolute Gasteiger partial charge is 0.271 e. The first-order chi connectivity index (χ1) is 11.8. The van der Waals surface area contributed by atoms with Gasteiger partial charge in [-0.25, -0.2) is 13.1 Å². The summed E-state index contributed by atoms with van der Waals surface area (Å²) in [7, 11) is -3.88. The van der Waals surface area contributed by atoms with Crippen LogP contribution < -0.4 is 4.72 Å². The number of nitrogens with zero attached hydrogens (tertiary/aromatic N) is 1. The van der Waals surface area contributed by atoms with Crippen LogP contribution in [0.4, 0.5) is 5.69 Å². The second kappa shape index (κ2) is 6.57. The predicted molar refractivity (Wildman–Crippen MR) is 94.8 cm³/mol. The quantitative estimate of drug-likeness (QED) is 0.629. The third kappa shape index (κ3) is 3.72. The van der Waals surface area contributed by atoms with E-state index < -0.39 is 14.9 Å². The summed E-state index contributed by atoms with van der Waals surface area (Å²) in [6.45, 7) is 3.35. The minimum Gasteiger partial charge on any atom is -0.258 e. The second-order valence-electron chi connectivity index (χ2n) is 6.49. The van der Waals surface area contributed by atoms with E-state index in [1.165, 1.54) is 6.07 Å². The summed E-state index contributed by atoms with van der Waals surface area (Å²) in [4.78, 5) is 10.5. The van der Waals surface area contributed by atoms with Gasteiger partial charge >= 0.3 is 0 Å². The van der Waals surface area contributed by atoms with Gasteiger partial charge in [0.15, 0.2) is 0 Å². The summed E-state index contributed by atoms with van der Waals surface area (Å²) < 4.78 is 28.7. The summed E-state index contributed by atoms with van der Waals surface area (Å²) in [5.74, 6) is 0.261. The molecule has 7 heteroatoms. The summed E-state index contributed by atoms with van der Waals surface area (Å²) in [6, 6.07) is 11.7. The van der Waals surface area contributed by atoms with Gasteiger partial charge in [-0.1, -0.05) is 30.3 Å². The van der Waals surface area contributed by atoms with Crippen molar-refractivity contribution in [3.8, 4) is 0 Å². The van der Waals surface area contributed by atoms with Crippen LogP contribution in [0.5, 0.6) is 0 Å². The van der Waals surface area contributed by atoms with Gasteiger partial charge in [0.05, 0.1) is 9.82 Å². The maximum atomic E-state index is 13.0. The zero-order valence-electron chi connectivity index (χ0n) is 14.1. The van der Waals surface area contributed by atoms with E-state index >= 15 is 0 Å². The number of nitrogens with one attached hydrogen (secondary N) is 1. The molecule has 1 aliphatic carbocycles.